The van der Waals surface area contributed by atoms with Crippen molar-refractivity contribution >= 4 is 21.7 Å². The third-order valence-electron chi connectivity index (χ3n) is 4.42. The molecule has 0 spiro atoms. The van der Waals surface area contributed by atoms with Crippen LogP contribution < -0.4 is 16.0 Å². The summed E-state index contributed by atoms with van der Waals surface area (Å²) in [6.07, 6.45) is 4.21. The molecule has 5 heteroatoms. The zero-order valence-electron chi connectivity index (χ0n) is 15.2. The van der Waals surface area contributed by atoms with Gasteiger partial charge in [0.05, 0.1) is 10.9 Å². The molecule has 2 aromatic heterocycles. The van der Waals surface area contributed by atoms with Crippen LogP contribution >= 0.6 is 0 Å². The van der Waals surface area contributed by atoms with Gasteiger partial charge in [0.2, 0.25) is 0 Å². The molecular weight excluding hydrogens is 314 g/mol. The van der Waals surface area contributed by atoms with Crippen molar-refractivity contribution < 1.29 is 4.74 Å². The number of nitrogens with two attached hydrogens (primary N) is 1. The summed E-state index contributed by atoms with van der Waals surface area (Å²) in [5.74, 6) is 1.23. The van der Waals surface area contributed by atoms with E-state index in [1.165, 1.54) is 0 Å². The minimum atomic E-state index is -0.385. The van der Waals surface area contributed by atoms with Crippen LogP contribution in [-0.4, -0.2) is 21.7 Å². The lowest BCUT2D eigenvalue weighted by atomic mass is 9.93. The first-order valence-corrected chi connectivity index (χ1v) is 8.57. The Kier molecular flexibility index (Phi) is 4.52. The van der Waals surface area contributed by atoms with Gasteiger partial charge < -0.3 is 15.0 Å². The molecule has 2 heterocycles. The van der Waals surface area contributed by atoms with Gasteiger partial charge in [-0.25, -0.2) is 0 Å². The highest BCUT2D eigenvalue weighted by atomic mass is 16.5. The summed E-state index contributed by atoms with van der Waals surface area (Å²) in [5.41, 5.74) is 6.71. The fourth-order valence-electron chi connectivity index (χ4n) is 3.44. The van der Waals surface area contributed by atoms with E-state index in [2.05, 4.69) is 18.8 Å². The maximum Gasteiger partial charge on any atom is 0.260 e. The van der Waals surface area contributed by atoms with E-state index in [-0.39, 0.29) is 11.1 Å². The molecule has 1 aromatic carbocycles. The quantitative estimate of drug-likeness (QED) is 0.725. The van der Waals surface area contributed by atoms with E-state index in [0.29, 0.717) is 17.9 Å². The monoisotopic (exact) mass is 339 g/mol. The lowest BCUT2D eigenvalue weighted by Gasteiger charge is -2.26. The zero-order valence-corrected chi connectivity index (χ0v) is 15.2. The molecule has 1 unspecified atom stereocenters. The third kappa shape index (κ3) is 3.51. The van der Waals surface area contributed by atoms with Crippen molar-refractivity contribution in [3.05, 3.63) is 47.0 Å². The van der Waals surface area contributed by atoms with Crippen LogP contribution in [0, 0.1) is 5.92 Å². The molecule has 25 heavy (non-hydrogen) atoms. The molecule has 2 N–H and O–H groups in total. The first-order valence-electron chi connectivity index (χ1n) is 8.57. The fraction of sp³-hybridized carbons (Fsp3) is 0.400. The Morgan fingerprint density at radius 1 is 1.24 bits per heavy atom. The Balaban J connectivity index is 1.99. The first kappa shape index (κ1) is 17.4. The lowest BCUT2D eigenvalue weighted by Crippen LogP contribution is -2.43. The number of rotatable bonds is 5. The Morgan fingerprint density at radius 2 is 2.00 bits per heavy atom. The molecule has 0 saturated carbocycles. The van der Waals surface area contributed by atoms with Gasteiger partial charge in [0.15, 0.2) is 0 Å². The van der Waals surface area contributed by atoms with Gasteiger partial charge in [0.25, 0.3) is 5.56 Å². The molecule has 3 aromatic rings. The SMILES string of the molecule is CC(C)CC(C)(N)COc1ccc2c3ccncc3c(=O)n(C)c2c1. The summed E-state index contributed by atoms with van der Waals surface area (Å²) in [7, 11) is 1.77. The summed E-state index contributed by atoms with van der Waals surface area (Å²) in [6.45, 7) is 6.74. The lowest BCUT2D eigenvalue weighted by molar-refractivity contribution is 0.207. The molecule has 0 amide bonds. The van der Waals surface area contributed by atoms with Gasteiger partial charge >= 0.3 is 0 Å². The minimum Gasteiger partial charge on any atom is -0.492 e. The summed E-state index contributed by atoms with van der Waals surface area (Å²) < 4.78 is 7.57. The van der Waals surface area contributed by atoms with Crippen LogP contribution in [0.1, 0.15) is 27.2 Å². The van der Waals surface area contributed by atoms with Gasteiger partial charge in [-0.1, -0.05) is 13.8 Å². The molecule has 3 rings (SSSR count). The van der Waals surface area contributed by atoms with Crippen LogP contribution in [0.2, 0.25) is 0 Å². The van der Waals surface area contributed by atoms with E-state index in [4.69, 9.17) is 10.5 Å². The highest BCUT2D eigenvalue weighted by Gasteiger charge is 2.21. The standard InChI is InChI=1S/C20H25N3O2/c1-13(2)10-20(3,21)12-25-14-5-6-16-15-7-8-22-11-17(15)19(24)23(4)18(16)9-14/h5-9,11,13H,10,12,21H2,1-4H3. The number of hydrogen-bond donors (Lipinski definition) is 1. The van der Waals surface area contributed by atoms with E-state index in [1.807, 2.05) is 31.2 Å². The molecular formula is C20H25N3O2. The zero-order chi connectivity index (χ0) is 18.2. The van der Waals surface area contributed by atoms with Gasteiger partial charge in [0.1, 0.15) is 12.4 Å². The second-order valence-corrected chi connectivity index (χ2v) is 7.51. The molecule has 1 atom stereocenters. The number of fused-ring (bicyclic) bond motifs is 3. The van der Waals surface area contributed by atoms with Gasteiger partial charge in [0, 0.05) is 36.4 Å². The van der Waals surface area contributed by atoms with E-state index in [1.54, 1.807) is 24.0 Å². The van der Waals surface area contributed by atoms with Crippen LogP contribution in [0.3, 0.4) is 0 Å². The second kappa shape index (κ2) is 6.48. The minimum absolute atomic E-state index is 0.0591. The summed E-state index contributed by atoms with van der Waals surface area (Å²) >= 11 is 0. The summed E-state index contributed by atoms with van der Waals surface area (Å²) in [5, 5.41) is 2.53. The van der Waals surface area contributed by atoms with Crippen molar-refractivity contribution in [1.29, 1.82) is 0 Å². The highest BCUT2D eigenvalue weighted by Crippen LogP contribution is 2.26. The number of nitrogens with zero attached hydrogens (tertiary/aromatic N) is 2. The maximum atomic E-state index is 12.6. The molecule has 0 aliphatic carbocycles. The molecule has 0 fully saturated rings. The number of aryl methyl sites for hydroxylation is 1. The predicted molar refractivity (Wildman–Crippen MR) is 102 cm³/mol. The van der Waals surface area contributed by atoms with Gasteiger partial charge in [-0.3, -0.25) is 9.78 Å². The second-order valence-electron chi connectivity index (χ2n) is 7.51. The predicted octanol–water partition coefficient (Wildman–Crippen LogP) is 3.23. The third-order valence-corrected chi connectivity index (χ3v) is 4.42. The molecule has 5 nitrogen and oxygen atoms in total. The number of pyridine rings is 2. The largest absolute Gasteiger partial charge is 0.492 e. The van der Waals surface area contributed by atoms with Crippen molar-refractivity contribution in [2.75, 3.05) is 6.61 Å². The molecule has 0 radical (unpaired) electrons. The highest BCUT2D eigenvalue weighted by molar-refractivity contribution is 6.05. The van der Waals surface area contributed by atoms with E-state index in [0.717, 1.165) is 28.5 Å². The molecule has 0 saturated heterocycles. The maximum absolute atomic E-state index is 12.6. The normalized spacial score (nSPS) is 14.2. The number of benzene rings is 1. The van der Waals surface area contributed by atoms with Crippen LogP contribution in [0.25, 0.3) is 21.7 Å². The van der Waals surface area contributed by atoms with Crippen molar-refractivity contribution in [1.82, 2.24) is 9.55 Å². The topological polar surface area (TPSA) is 70.1 Å². The Labute approximate surface area is 147 Å². The average molecular weight is 339 g/mol. The molecule has 132 valence electrons. The van der Waals surface area contributed by atoms with Crippen LogP contribution in [0.15, 0.2) is 41.5 Å². The van der Waals surface area contributed by atoms with E-state index < -0.39 is 0 Å². The number of ether oxygens (including phenoxy) is 1. The average Bonchev–Trinajstić information content (AvgIpc) is 2.57. The fourth-order valence-corrected chi connectivity index (χ4v) is 3.44. The van der Waals surface area contributed by atoms with Crippen molar-refractivity contribution in [2.24, 2.45) is 18.7 Å². The van der Waals surface area contributed by atoms with Gasteiger partial charge in [-0.15, -0.1) is 0 Å². The number of hydrogen-bond acceptors (Lipinski definition) is 4. The first-order chi connectivity index (χ1) is 11.8. The molecule has 0 aliphatic heterocycles. The van der Waals surface area contributed by atoms with Crippen molar-refractivity contribution in [3.8, 4) is 5.75 Å². The summed E-state index contributed by atoms with van der Waals surface area (Å²) in [4.78, 5) is 16.6. The Morgan fingerprint density at radius 3 is 2.72 bits per heavy atom. The Bertz CT molecular complexity index is 974. The number of aromatic nitrogens is 2. The summed E-state index contributed by atoms with van der Waals surface area (Å²) in [6, 6.07) is 7.70. The molecule has 0 aliphatic rings. The smallest absolute Gasteiger partial charge is 0.260 e. The van der Waals surface area contributed by atoms with Gasteiger partial charge in [-0.05, 0) is 42.8 Å². The Hall–Kier alpha value is -2.40. The van der Waals surface area contributed by atoms with Crippen LogP contribution in [0.5, 0.6) is 5.75 Å². The van der Waals surface area contributed by atoms with Gasteiger partial charge in [-0.2, -0.15) is 0 Å². The van der Waals surface area contributed by atoms with Crippen molar-refractivity contribution in [3.63, 3.8) is 0 Å². The van der Waals surface area contributed by atoms with E-state index >= 15 is 0 Å². The van der Waals surface area contributed by atoms with Crippen molar-refractivity contribution in [2.45, 2.75) is 32.7 Å². The molecule has 0 bridgehead atoms. The van der Waals surface area contributed by atoms with Crippen LogP contribution in [-0.2, 0) is 7.05 Å². The van der Waals surface area contributed by atoms with E-state index in [9.17, 15) is 4.79 Å². The van der Waals surface area contributed by atoms with Crippen LogP contribution in [0.4, 0.5) is 0 Å².